The largest absolute Gasteiger partial charge is 0.372 e. The van der Waals surface area contributed by atoms with Crippen LogP contribution in [0.15, 0.2) is 23.8 Å². The monoisotopic (exact) mass is 371 g/mol. The van der Waals surface area contributed by atoms with E-state index in [1.165, 1.54) is 0 Å². The van der Waals surface area contributed by atoms with E-state index in [4.69, 9.17) is 0 Å². The van der Waals surface area contributed by atoms with Crippen molar-refractivity contribution in [3.63, 3.8) is 0 Å². The summed E-state index contributed by atoms with van der Waals surface area (Å²) >= 11 is 3.86. The molecule has 3 aromatic heterocycles. The fourth-order valence-corrected chi connectivity index (χ4v) is 2.96. The number of nitrogens with zero attached hydrogens (tertiary/aromatic N) is 4. The molecule has 0 amide bonds. The lowest BCUT2D eigenvalue weighted by atomic mass is 10.3. The van der Waals surface area contributed by atoms with Gasteiger partial charge in [-0.1, -0.05) is 0 Å². The number of aromatic nitrogens is 4. The molecule has 3 heterocycles. The molecule has 0 bridgehead atoms. The summed E-state index contributed by atoms with van der Waals surface area (Å²) in [7, 11) is 1.88. The fourth-order valence-electron chi connectivity index (χ4n) is 1.73. The van der Waals surface area contributed by atoms with Crippen molar-refractivity contribution in [1.29, 1.82) is 0 Å². The number of nitrogens with one attached hydrogen (secondary N) is 1. The second kappa shape index (κ2) is 4.81. The van der Waals surface area contributed by atoms with Crippen LogP contribution in [-0.2, 0) is 6.54 Å². The minimum absolute atomic E-state index is 0.589. The predicted molar refractivity (Wildman–Crippen MR) is 81.0 cm³/mol. The van der Waals surface area contributed by atoms with Crippen LogP contribution in [0.4, 0.5) is 5.82 Å². The van der Waals surface area contributed by atoms with E-state index in [9.17, 15) is 0 Å². The maximum absolute atomic E-state index is 4.55. The lowest BCUT2D eigenvalue weighted by Gasteiger charge is -2.05. The Bertz CT molecular complexity index is 690. The molecular formula is C11H10IN5S. The summed E-state index contributed by atoms with van der Waals surface area (Å²) in [6.45, 7) is 0.589. The van der Waals surface area contributed by atoms with E-state index >= 15 is 0 Å². The van der Waals surface area contributed by atoms with E-state index in [0.29, 0.717) is 6.54 Å². The van der Waals surface area contributed by atoms with Gasteiger partial charge in [0.15, 0.2) is 5.82 Å². The lowest BCUT2D eigenvalue weighted by Crippen LogP contribution is -2.06. The van der Waals surface area contributed by atoms with Crippen LogP contribution < -0.4 is 5.32 Å². The van der Waals surface area contributed by atoms with Crippen LogP contribution >= 0.6 is 33.9 Å². The molecule has 92 valence electrons. The Kier molecular flexibility index (Phi) is 3.16. The molecular weight excluding hydrogens is 361 g/mol. The van der Waals surface area contributed by atoms with Crippen LogP contribution in [0.5, 0.6) is 0 Å². The Morgan fingerprint density at radius 3 is 3.06 bits per heavy atom. The van der Waals surface area contributed by atoms with Crippen LogP contribution in [0, 0.1) is 3.57 Å². The van der Waals surface area contributed by atoms with Crippen molar-refractivity contribution in [2.45, 2.75) is 6.54 Å². The summed E-state index contributed by atoms with van der Waals surface area (Å²) in [5.74, 6) is 1.65. The third kappa shape index (κ3) is 2.19. The van der Waals surface area contributed by atoms with Gasteiger partial charge in [0, 0.05) is 13.2 Å². The first kappa shape index (κ1) is 11.8. The van der Waals surface area contributed by atoms with Gasteiger partial charge in [0.2, 0.25) is 0 Å². The van der Waals surface area contributed by atoms with E-state index in [2.05, 4.69) is 43.0 Å². The van der Waals surface area contributed by atoms with Gasteiger partial charge < -0.3 is 5.32 Å². The van der Waals surface area contributed by atoms with Crippen LogP contribution in [-0.4, -0.2) is 26.8 Å². The Morgan fingerprint density at radius 1 is 1.44 bits per heavy atom. The zero-order chi connectivity index (χ0) is 12.5. The first-order valence-corrected chi connectivity index (χ1v) is 7.32. The summed E-state index contributed by atoms with van der Waals surface area (Å²) in [6.07, 6.45) is 3.80. The van der Waals surface area contributed by atoms with Crippen molar-refractivity contribution >= 4 is 50.0 Å². The van der Waals surface area contributed by atoms with Crippen LogP contribution in [0.2, 0.25) is 0 Å². The molecule has 0 aliphatic carbocycles. The molecule has 3 aromatic rings. The molecule has 0 saturated carbocycles. The SMILES string of the molecule is CNc1nc(Cn2cc(I)cn2)nc2sccc12. The standard InChI is InChI=1S/C11H10IN5S/c1-13-10-8-2-3-18-11(8)16-9(15-10)6-17-5-7(12)4-14-17/h2-5H,6H2,1H3,(H,13,15,16). The minimum Gasteiger partial charge on any atom is -0.372 e. The molecule has 0 spiro atoms. The van der Waals surface area contributed by atoms with Gasteiger partial charge in [-0.25, -0.2) is 9.97 Å². The number of rotatable bonds is 3. The number of hydrogen-bond acceptors (Lipinski definition) is 5. The summed E-state index contributed by atoms with van der Waals surface area (Å²) in [4.78, 5) is 10.1. The number of hydrogen-bond donors (Lipinski definition) is 1. The molecule has 0 aromatic carbocycles. The van der Waals surface area contributed by atoms with E-state index in [-0.39, 0.29) is 0 Å². The molecule has 0 fully saturated rings. The molecule has 18 heavy (non-hydrogen) atoms. The fraction of sp³-hybridized carbons (Fsp3) is 0.182. The third-order valence-electron chi connectivity index (χ3n) is 2.51. The quantitative estimate of drug-likeness (QED) is 0.720. The second-order valence-electron chi connectivity index (χ2n) is 3.73. The average Bonchev–Trinajstić information content (AvgIpc) is 2.97. The average molecular weight is 371 g/mol. The molecule has 7 heteroatoms. The van der Waals surface area contributed by atoms with Crippen LogP contribution in [0.3, 0.4) is 0 Å². The minimum atomic E-state index is 0.589. The van der Waals surface area contributed by atoms with Crippen molar-refractivity contribution in [3.05, 3.63) is 33.2 Å². The van der Waals surface area contributed by atoms with Gasteiger partial charge in [-0.15, -0.1) is 11.3 Å². The summed E-state index contributed by atoms with van der Waals surface area (Å²) in [5.41, 5.74) is 0. The summed E-state index contributed by atoms with van der Waals surface area (Å²) in [5, 5.41) is 10.5. The first-order chi connectivity index (χ1) is 8.76. The summed E-state index contributed by atoms with van der Waals surface area (Å²) < 4.78 is 2.95. The Balaban J connectivity index is 2.01. The number of fused-ring (bicyclic) bond motifs is 1. The molecule has 0 aliphatic heterocycles. The number of anilines is 1. The van der Waals surface area contributed by atoms with Gasteiger partial charge in [0.1, 0.15) is 17.2 Å². The Labute approximate surface area is 121 Å². The third-order valence-corrected chi connectivity index (χ3v) is 3.88. The van der Waals surface area contributed by atoms with Gasteiger partial charge in [0.25, 0.3) is 0 Å². The molecule has 1 N–H and O–H groups in total. The van der Waals surface area contributed by atoms with Gasteiger partial charge in [-0.05, 0) is 34.0 Å². The second-order valence-corrected chi connectivity index (χ2v) is 5.87. The molecule has 0 unspecified atom stereocenters. The Morgan fingerprint density at radius 2 is 2.33 bits per heavy atom. The predicted octanol–water partition coefficient (Wildman–Crippen LogP) is 2.58. The van der Waals surface area contributed by atoms with E-state index in [0.717, 1.165) is 25.4 Å². The van der Waals surface area contributed by atoms with Gasteiger partial charge in [0.05, 0.1) is 15.2 Å². The summed E-state index contributed by atoms with van der Waals surface area (Å²) in [6, 6.07) is 2.03. The normalized spacial score (nSPS) is 11.0. The van der Waals surface area contributed by atoms with Crippen molar-refractivity contribution in [2.24, 2.45) is 0 Å². The van der Waals surface area contributed by atoms with E-state index in [1.807, 2.05) is 35.6 Å². The molecule has 0 saturated heterocycles. The highest BCUT2D eigenvalue weighted by molar-refractivity contribution is 14.1. The highest BCUT2D eigenvalue weighted by Crippen LogP contribution is 2.24. The van der Waals surface area contributed by atoms with E-state index in [1.54, 1.807) is 11.3 Å². The first-order valence-electron chi connectivity index (χ1n) is 5.36. The highest BCUT2D eigenvalue weighted by Gasteiger charge is 2.08. The topological polar surface area (TPSA) is 55.6 Å². The molecule has 3 rings (SSSR count). The smallest absolute Gasteiger partial charge is 0.153 e. The maximum atomic E-state index is 4.55. The van der Waals surface area contributed by atoms with E-state index < -0.39 is 0 Å². The van der Waals surface area contributed by atoms with Crippen LogP contribution in [0.1, 0.15) is 5.82 Å². The van der Waals surface area contributed by atoms with Crippen molar-refractivity contribution in [1.82, 2.24) is 19.7 Å². The van der Waals surface area contributed by atoms with Crippen molar-refractivity contribution in [3.8, 4) is 0 Å². The van der Waals surface area contributed by atoms with Gasteiger partial charge >= 0.3 is 0 Å². The Hall–Kier alpha value is -1.22. The van der Waals surface area contributed by atoms with Crippen LogP contribution in [0.25, 0.3) is 10.2 Å². The number of halogens is 1. The van der Waals surface area contributed by atoms with Crippen molar-refractivity contribution in [2.75, 3.05) is 12.4 Å². The maximum Gasteiger partial charge on any atom is 0.153 e. The van der Waals surface area contributed by atoms with Crippen molar-refractivity contribution < 1.29 is 0 Å². The van der Waals surface area contributed by atoms with Gasteiger partial charge in [-0.2, -0.15) is 5.10 Å². The zero-order valence-electron chi connectivity index (χ0n) is 9.59. The molecule has 0 radical (unpaired) electrons. The zero-order valence-corrected chi connectivity index (χ0v) is 12.6. The highest BCUT2D eigenvalue weighted by atomic mass is 127. The molecule has 0 atom stereocenters. The lowest BCUT2D eigenvalue weighted by molar-refractivity contribution is 0.658. The molecule has 0 aliphatic rings. The number of thiophene rings is 1. The molecule has 5 nitrogen and oxygen atoms in total. The van der Waals surface area contributed by atoms with Gasteiger partial charge in [-0.3, -0.25) is 4.68 Å².